The molecule has 0 saturated heterocycles. The molecule has 0 spiro atoms. The summed E-state index contributed by atoms with van der Waals surface area (Å²) in [5.74, 6) is 0.563. The van der Waals surface area contributed by atoms with Crippen LogP contribution in [0.15, 0.2) is 35.0 Å². The minimum Gasteiger partial charge on any atom is -0.330 e. The molecule has 0 bridgehead atoms. The van der Waals surface area contributed by atoms with Gasteiger partial charge in [-0.15, -0.1) is 22.7 Å². The third-order valence-corrected chi connectivity index (χ3v) is 4.44. The van der Waals surface area contributed by atoms with E-state index in [4.69, 9.17) is 5.73 Å². The third kappa shape index (κ3) is 2.68. The van der Waals surface area contributed by atoms with E-state index in [0.717, 1.165) is 19.4 Å². The van der Waals surface area contributed by atoms with E-state index >= 15 is 0 Å². The number of hydrogen-bond acceptors (Lipinski definition) is 3. The predicted molar refractivity (Wildman–Crippen MR) is 68.8 cm³/mol. The van der Waals surface area contributed by atoms with Crippen molar-refractivity contribution in [3.63, 3.8) is 0 Å². The first-order valence-electron chi connectivity index (χ1n) is 5.18. The molecule has 15 heavy (non-hydrogen) atoms. The number of thiophene rings is 2. The molecule has 2 aromatic heterocycles. The summed E-state index contributed by atoms with van der Waals surface area (Å²) >= 11 is 3.69. The summed E-state index contributed by atoms with van der Waals surface area (Å²) in [6.45, 7) is 0.785. The first-order chi connectivity index (χ1) is 7.42. The molecule has 3 heteroatoms. The molecule has 2 N–H and O–H groups in total. The lowest BCUT2D eigenvalue weighted by molar-refractivity contribution is 0.685. The maximum Gasteiger partial charge on any atom is 0.0278 e. The van der Waals surface area contributed by atoms with Crippen molar-refractivity contribution in [2.75, 3.05) is 6.54 Å². The van der Waals surface area contributed by atoms with Crippen molar-refractivity contribution in [1.29, 1.82) is 0 Å². The topological polar surface area (TPSA) is 26.0 Å². The molecular weight excluding hydrogens is 222 g/mol. The highest BCUT2D eigenvalue weighted by Gasteiger charge is 2.15. The van der Waals surface area contributed by atoms with Crippen molar-refractivity contribution in [2.45, 2.75) is 18.8 Å². The second kappa shape index (κ2) is 5.45. The fraction of sp³-hybridized carbons (Fsp3) is 0.333. The molecule has 2 heterocycles. The van der Waals surface area contributed by atoms with Gasteiger partial charge in [0.1, 0.15) is 0 Å². The molecule has 2 rings (SSSR count). The van der Waals surface area contributed by atoms with E-state index in [0.29, 0.717) is 5.92 Å². The van der Waals surface area contributed by atoms with E-state index in [1.807, 2.05) is 22.7 Å². The molecule has 0 aliphatic rings. The average Bonchev–Trinajstić information content (AvgIpc) is 2.90. The maximum absolute atomic E-state index is 5.59. The van der Waals surface area contributed by atoms with Crippen LogP contribution in [0.5, 0.6) is 0 Å². The zero-order chi connectivity index (χ0) is 10.5. The Morgan fingerprint density at radius 3 is 2.07 bits per heavy atom. The normalized spacial score (nSPS) is 11.1. The Balaban J connectivity index is 2.17. The Morgan fingerprint density at radius 1 is 1.07 bits per heavy atom. The SMILES string of the molecule is NCCCC(c1cccs1)c1cccs1. The van der Waals surface area contributed by atoms with Crippen LogP contribution in [0.1, 0.15) is 28.5 Å². The van der Waals surface area contributed by atoms with E-state index in [9.17, 15) is 0 Å². The zero-order valence-electron chi connectivity index (χ0n) is 8.56. The maximum atomic E-state index is 5.59. The summed E-state index contributed by atoms with van der Waals surface area (Å²) in [7, 11) is 0. The average molecular weight is 237 g/mol. The van der Waals surface area contributed by atoms with Gasteiger partial charge in [-0.25, -0.2) is 0 Å². The molecule has 0 aliphatic carbocycles. The van der Waals surface area contributed by atoms with Gasteiger partial charge in [0.15, 0.2) is 0 Å². The highest BCUT2D eigenvalue weighted by Crippen LogP contribution is 2.34. The van der Waals surface area contributed by atoms with Gasteiger partial charge in [-0.3, -0.25) is 0 Å². The van der Waals surface area contributed by atoms with Gasteiger partial charge in [0, 0.05) is 15.7 Å². The van der Waals surface area contributed by atoms with E-state index in [2.05, 4.69) is 35.0 Å². The highest BCUT2D eigenvalue weighted by atomic mass is 32.1. The van der Waals surface area contributed by atoms with Gasteiger partial charge in [0.25, 0.3) is 0 Å². The summed E-state index contributed by atoms with van der Waals surface area (Å²) in [5, 5.41) is 4.30. The Hall–Kier alpha value is -0.640. The summed E-state index contributed by atoms with van der Waals surface area (Å²) in [6.07, 6.45) is 2.26. The first-order valence-corrected chi connectivity index (χ1v) is 6.94. The van der Waals surface area contributed by atoms with E-state index < -0.39 is 0 Å². The fourth-order valence-corrected chi connectivity index (χ4v) is 3.56. The van der Waals surface area contributed by atoms with E-state index in [-0.39, 0.29) is 0 Å². The van der Waals surface area contributed by atoms with Crippen LogP contribution in [-0.2, 0) is 0 Å². The van der Waals surface area contributed by atoms with Crippen LogP contribution < -0.4 is 5.73 Å². The van der Waals surface area contributed by atoms with Crippen LogP contribution in [0, 0.1) is 0 Å². The minimum absolute atomic E-state index is 0.563. The van der Waals surface area contributed by atoms with Gasteiger partial charge in [0.05, 0.1) is 0 Å². The molecule has 0 radical (unpaired) electrons. The third-order valence-electron chi connectivity index (χ3n) is 2.47. The molecule has 0 atom stereocenters. The quantitative estimate of drug-likeness (QED) is 0.843. The van der Waals surface area contributed by atoms with Gasteiger partial charge < -0.3 is 5.73 Å². The zero-order valence-corrected chi connectivity index (χ0v) is 10.2. The molecule has 0 fully saturated rings. The minimum atomic E-state index is 0.563. The number of hydrogen-bond donors (Lipinski definition) is 1. The van der Waals surface area contributed by atoms with Crippen molar-refractivity contribution in [2.24, 2.45) is 5.73 Å². The second-order valence-electron chi connectivity index (χ2n) is 3.51. The largest absolute Gasteiger partial charge is 0.330 e. The van der Waals surface area contributed by atoms with Crippen molar-refractivity contribution in [3.8, 4) is 0 Å². The molecule has 0 saturated carbocycles. The Labute approximate surface area is 98.6 Å². The Kier molecular flexibility index (Phi) is 3.94. The highest BCUT2D eigenvalue weighted by molar-refractivity contribution is 7.11. The van der Waals surface area contributed by atoms with Gasteiger partial charge in [0.2, 0.25) is 0 Å². The molecule has 1 nitrogen and oxygen atoms in total. The number of nitrogens with two attached hydrogens (primary N) is 1. The van der Waals surface area contributed by atoms with Crippen molar-refractivity contribution in [1.82, 2.24) is 0 Å². The lowest BCUT2D eigenvalue weighted by atomic mass is 9.99. The van der Waals surface area contributed by atoms with Crippen LogP contribution in [0.25, 0.3) is 0 Å². The monoisotopic (exact) mass is 237 g/mol. The van der Waals surface area contributed by atoms with Gasteiger partial charge in [-0.2, -0.15) is 0 Å². The van der Waals surface area contributed by atoms with E-state index in [1.54, 1.807) is 0 Å². The summed E-state index contributed by atoms with van der Waals surface area (Å²) < 4.78 is 0. The van der Waals surface area contributed by atoms with E-state index in [1.165, 1.54) is 9.75 Å². The van der Waals surface area contributed by atoms with Gasteiger partial charge >= 0.3 is 0 Å². The molecule has 0 aliphatic heterocycles. The second-order valence-corrected chi connectivity index (χ2v) is 5.47. The number of rotatable bonds is 5. The van der Waals surface area contributed by atoms with Gasteiger partial charge in [-0.05, 0) is 42.3 Å². The van der Waals surface area contributed by atoms with Crippen molar-refractivity contribution in [3.05, 3.63) is 44.8 Å². The summed E-state index contributed by atoms with van der Waals surface area (Å²) in [5.41, 5.74) is 5.59. The van der Waals surface area contributed by atoms with Crippen LogP contribution in [-0.4, -0.2) is 6.54 Å². The molecule has 80 valence electrons. The Bertz CT molecular complexity index is 330. The molecule has 0 amide bonds. The lowest BCUT2D eigenvalue weighted by Gasteiger charge is -2.12. The molecular formula is C12H15NS2. The van der Waals surface area contributed by atoms with Crippen LogP contribution in [0.2, 0.25) is 0 Å². The smallest absolute Gasteiger partial charge is 0.0278 e. The van der Waals surface area contributed by atoms with Gasteiger partial charge in [-0.1, -0.05) is 12.1 Å². The standard InChI is InChI=1S/C12H15NS2/c13-7-1-4-10(11-5-2-8-14-11)12-6-3-9-15-12/h2-3,5-6,8-10H,1,4,7,13H2. The lowest BCUT2D eigenvalue weighted by Crippen LogP contribution is -2.03. The Morgan fingerprint density at radius 2 is 1.67 bits per heavy atom. The summed E-state index contributed by atoms with van der Waals surface area (Å²) in [4.78, 5) is 2.93. The van der Waals surface area contributed by atoms with Crippen LogP contribution in [0.3, 0.4) is 0 Å². The fourth-order valence-electron chi connectivity index (χ4n) is 1.73. The molecule has 2 aromatic rings. The predicted octanol–water partition coefficient (Wildman–Crippen LogP) is 3.68. The van der Waals surface area contributed by atoms with Crippen molar-refractivity contribution < 1.29 is 0 Å². The molecule has 0 unspecified atom stereocenters. The van der Waals surface area contributed by atoms with Crippen LogP contribution in [0.4, 0.5) is 0 Å². The van der Waals surface area contributed by atoms with Crippen LogP contribution >= 0.6 is 22.7 Å². The molecule has 0 aromatic carbocycles. The van der Waals surface area contributed by atoms with Crippen molar-refractivity contribution >= 4 is 22.7 Å². The summed E-state index contributed by atoms with van der Waals surface area (Å²) in [6, 6.07) is 8.71. The first kappa shape index (κ1) is 10.9.